The summed E-state index contributed by atoms with van der Waals surface area (Å²) in [6, 6.07) is 0. The van der Waals surface area contributed by atoms with Gasteiger partial charge in [0.25, 0.3) is 0 Å². The molecule has 0 N–H and O–H groups in total. The molecule has 3 rings (SSSR count). The second-order valence-electron chi connectivity index (χ2n) is 7.26. The summed E-state index contributed by atoms with van der Waals surface area (Å²) in [6.07, 6.45) is 8.97. The van der Waals surface area contributed by atoms with E-state index in [1.807, 2.05) is 0 Å². The third-order valence-electron chi connectivity index (χ3n) is 6.15. The van der Waals surface area contributed by atoms with E-state index in [2.05, 4.69) is 18.7 Å². The van der Waals surface area contributed by atoms with E-state index in [1.54, 1.807) is 0 Å². The van der Waals surface area contributed by atoms with Gasteiger partial charge in [-0.15, -0.1) is 0 Å². The van der Waals surface area contributed by atoms with Crippen LogP contribution in [0.1, 0.15) is 65.2 Å². The first-order chi connectivity index (χ1) is 9.60. The molecule has 0 radical (unpaired) electrons. The highest BCUT2D eigenvalue weighted by atomic mass is 16.5. The quantitative estimate of drug-likeness (QED) is 0.791. The molecule has 114 valence electrons. The van der Waals surface area contributed by atoms with E-state index in [0.717, 1.165) is 39.0 Å². The Morgan fingerprint density at radius 1 is 1.30 bits per heavy atom. The highest BCUT2D eigenvalue weighted by Crippen LogP contribution is 2.45. The van der Waals surface area contributed by atoms with Crippen LogP contribution in [0, 0.1) is 5.92 Å². The number of likely N-dealkylation sites (tertiary alicyclic amines) is 1. The van der Waals surface area contributed by atoms with Gasteiger partial charge in [-0.2, -0.15) is 0 Å². The number of carbonyl (C=O) groups is 1. The molecular formula is C17H29NO2. The lowest BCUT2D eigenvalue weighted by Gasteiger charge is -2.49. The summed E-state index contributed by atoms with van der Waals surface area (Å²) in [5.74, 6) is 0.728. The van der Waals surface area contributed by atoms with Crippen molar-refractivity contribution in [1.29, 1.82) is 0 Å². The van der Waals surface area contributed by atoms with E-state index >= 15 is 0 Å². The van der Waals surface area contributed by atoms with Crippen LogP contribution < -0.4 is 0 Å². The summed E-state index contributed by atoms with van der Waals surface area (Å²) in [4.78, 5) is 15.6. The van der Waals surface area contributed by atoms with Crippen molar-refractivity contribution in [1.82, 2.24) is 4.90 Å². The Hall–Kier alpha value is -0.410. The molecule has 2 saturated heterocycles. The third-order valence-corrected chi connectivity index (χ3v) is 6.15. The van der Waals surface area contributed by atoms with Gasteiger partial charge in [0.15, 0.2) is 5.78 Å². The summed E-state index contributed by atoms with van der Waals surface area (Å²) < 4.78 is 5.99. The van der Waals surface area contributed by atoms with Crippen molar-refractivity contribution >= 4 is 5.78 Å². The minimum absolute atomic E-state index is 0.0816. The number of carbonyl (C=O) groups excluding carboxylic acids is 1. The molecule has 1 saturated carbocycles. The fraction of sp³-hybridized carbons (Fsp3) is 0.941. The molecule has 1 spiro atoms. The SMILES string of the molecule is CCC(C)(C(=O)C1CCOC2(CCC2)C1)N1CCCC1. The van der Waals surface area contributed by atoms with Crippen LogP contribution in [0.15, 0.2) is 0 Å². The molecule has 2 aliphatic heterocycles. The van der Waals surface area contributed by atoms with Crippen LogP contribution in [-0.4, -0.2) is 41.5 Å². The van der Waals surface area contributed by atoms with Crippen molar-refractivity contribution < 1.29 is 9.53 Å². The zero-order valence-electron chi connectivity index (χ0n) is 13.1. The molecule has 0 aromatic heterocycles. The minimum atomic E-state index is -0.233. The predicted molar refractivity (Wildman–Crippen MR) is 79.8 cm³/mol. The summed E-state index contributed by atoms with van der Waals surface area (Å²) in [7, 11) is 0. The van der Waals surface area contributed by atoms with Gasteiger partial charge in [-0.05, 0) is 71.4 Å². The number of hydrogen-bond donors (Lipinski definition) is 0. The summed E-state index contributed by atoms with van der Waals surface area (Å²) in [5.41, 5.74) is -0.151. The molecule has 3 aliphatic rings. The first-order valence-electron chi connectivity index (χ1n) is 8.53. The highest BCUT2D eigenvalue weighted by Gasteiger charge is 2.48. The van der Waals surface area contributed by atoms with Crippen LogP contribution in [0.25, 0.3) is 0 Å². The Morgan fingerprint density at radius 2 is 2.00 bits per heavy atom. The van der Waals surface area contributed by atoms with Gasteiger partial charge in [-0.3, -0.25) is 9.69 Å². The second-order valence-corrected chi connectivity index (χ2v) is 7.26. The number of Topliss-reactive ketones (excluding diaryl/α,β-unsaturated/α-hetero) is 1. The Labute approximate surface area is 123 Å². The molecule has 3 heteroatoms. The van der Waals surface area contributed by atoms with Gasteiger partial charge in [0.2, 0.25) is 0 Å². The zero-order chi connectivity index (χ0) is 14.2. The normalized spacial score (nSPS) is 32.8. The Balaban J connectivity index is 1.72. The fourth-order valence-corrected chi connectivity index (χ4v) is 4.38. The van der Waals surface area contributed by atoms with E-state index in [1.165, 1.54) is 32.1 Å². The molecule has 1 aliphatic carbocycles. The molecule has 20 heavy (non-hydrogen) atoms. The average molecular weight is 279 g/mol. The maximum absolute atomic E-state index is 13.2. The maximum atomic E-state index is 13.2. The number of nitrogens with zero attached hydrogens (tertiary/aromatic N) is 1. The third kappa shape index (κ3) is 2.33. The molecule has 0 aromatic carbocycles. The summed E-state index contributed by atoms with van der Waals surface area (Å²) in [6.45, 7) is 7.35. The zero-order valence-corrected chi connectivity index (χ0v) is 13.1. The van der Waals surface area contributed by atoms with Crippen LogP contribution in [-0.2, 0) is 9.53 Å². The van der Waals surface area contributed by atoms with Gasteiger partial charge in [-0.25, -0.2) is 0 Å². The molecule has 3 fully saturated rings. The minimum Gasteiger partial charge on any atom is -0.375 e. The van der Waals surface area contributed by atoms with Crippen molar-refractivity contribution in [2.75, 3.05) is 19.7 Å². The lowest BCUT2D eigenvalue weighted by molar-refractivity contribution is -0.162. The van der Waals surface area contributed by atoms with Gasteiger partial charge >= 0.3 is 0 Å². The van der Waals surface area contributed by atoms with Crippen molar-refractivity contribution in [3.8, 4) is 0 Å². The Morgan fingerprint density at radius 3 is 2.55 bits per heavy atom. The number of hydrogen-bond acceptors (Lipinski definition) is 3. The van der Waals surface area contributed by atoms with Crippen molar-refractivity contribution in [2.45, 2.75) is 76.4 Å². The monoisotopic (exact) mass is 279 g/mol. The molecule has 2 atom stereocenters. The van der Waals surface area contributed by atoms with Gasteiger partial charge in [0, 0.05) is 12.5 Å². The number of ketones is 1. The van der Waals surface area contributed by atoms with Crippen molar-refractivity contribution in [2.24, 2.45) is 5.92 Å². The van der Waals surface area contributed by atoms with Gasteiger partial charge in [-0.1, -0.05) is 6.92 Å². The van der Waals surface area contributed by atoms with Gasteiger partial charge in [0.05, 0.1) is 11.1 Å². The van der Waals surface area contributed by atoms with Gasteiger partial charge in [0.1, 0.15) is 0 Å². The number of rotatable bonds is 4. The Kier molecular flexibility index (Phi) is 3.93. The van der Waals surface area contributed by atoms with E-state index in [-0.39, 0.29) is 17.1 Å². The van der Waals surface area contributed by atoms with Crippen LogP contribution in [0.4, 0.5) is 0 Å². The van der Waals surface area contributed by atoms with Crippen LogP contribution in [0.5, 0.6) is 0 Å². The Bertz CT molecular complexity index is 371. The molecule has 0 aromatic rings. The van der Waals surface area contributed by atoms with E-state index in [0.29, 0.717) is 5.78 Å². The van der Waals surface area contributed by atoms with Crippen molar-refractivity contribution in [3.05, 3.63) is 0 Å². The van der Waals surface area contributed by atoms with Crippen LogP contribution >= 0.6 is 0 Å². The summed E-state index contributed by atoms with van der Waals surface area (Å²) >= 11 is 0. The number of ether oxygens (including phenoxy) is 1. The summed E-state index contributed by atoms with van der Waals surface area (Å²) in [5, 5.41) is 0. The average Bonchev–Trinajstić information content (AvgIpc) is 2.99. The maximum Gasteiger partial charge on any atom is 0.156 e. The van der Waals surface area contributed by atoms with Crippen LogP contribution in [0.2, 0.25) is 0 Å². The second kappa shape index (κ2) is 5.42. The van der Waals surface area contributed by atoms with Crippen molar-refractivity contribution in [3.63, 3.8) is 0 Å². The lowest BCUT2D eigenvalue weighted by atomic mass is 9.68. The molecule has 3 nitrogen and oxygen atoms in total. The van der Waals surface area contributed by atoms with Crippen LogP contribution in [0.3, 0.4) is 0 Å². The predicted octanol–water partition coefficient (Wildman–Crippen LogP) is 3.17. The van der Waals surface area contributed by atoms with E-state index < -0.39 is 0 Å². The first kappa shape index (κ1) is 14.5. The molecule has 2 unspecified atom stereocenters. The highest BCUT2D eigenvalue weighted by molar-refractivity contribution is 5.90. The smallest absolute Gasteiger partial charge is 0.156 e. The van der Waals surface area contributed by atoms with E-state index in [4.69, 9.17) is 4.74 Å². The van der Waals surface area contributed by atoms with E-state index in [9.17, 15) is 4.79 Å². The molecule has 2 heterocycles. The molecule has 0 bridgehead atoms. The lowest BCUT2D eigenvalue weighted by Crippen LogP contribution is -2.56. The fourth-order valence-electron chi connectivity index (χ4n) is 4.38. The van der Waals surface area contributed by atoms with Gasteiger partial charge < -0.3 is 4.74 Å². The molecule has 0 amide bonds. The standard InChI is InChI=1S/C17H29NO2/c1-3-16(2,18-10-4-5-11-18)15(19)14-7-12-20-17(13-14)8-6-9-17/h14H,3-13H2,1-2H3. The topological polar surface area (TPSA) is 29.5 Å². The largest absolute Gasteiger partial charge is 0.375 e. The molecular weight excluding hydrogens is 250 g/mol. The first-order valence-corrected chi connectivity index (χ1v) is 8.53.